The van der Waals surface area contributed by atoms with Gasteiger partial charge in [0.2, 0.25) is 0 Å². The summed E-state index contributed by atoms with van der Waals surface area (Å²) >= 11 is 0. The van der Waals surface area contributed by atoms with Crippen LogP contribution in [-0.2, 0) is 0 Å². The Labute approximate surface area is 140 Å². The molecule has 0 aromatic heterocycles. The van der Waals surface area contributed by atoms with Crippen molar-refractivity contribution in [2.45, 2.75) is 0 Å². The number of ketones is 1. The third-order valence-corrected chi connectivity index (χ3v) is 4.41. The minimum absolute atomic E-state index is 0.0426. The zero-order valence-corrected chi connectivity index (χ0v) is 13.5. The molecule has 3 aromatic rings. The zero-order valence-electron chi connectivity index (χ0n) is 13.5. The van der Waals surface area contributed by atoms with Gasteiger partial charge in [0.1, 0.15) is 0 Å². The van der Waals surface area contributed by atoms with Gasteiger partial charge in [-0.3, -0.25) is 4.79 Å². The van der Waals surface area contributed by atoms with Crippen LogP contribution in [0.2, 0.25) is 0 Å². The first kappa shape index (κ1) is 14.5. The summed E-state index contributed by atoms with van der Waals surface area (Å²) in [6.07, 6.45) is 3.52. The second-order valence-corrected chi connectivity index (χ2v) is 5.74. The highest BCUT2D eigenvalue weighted by Crippen LogP contribution is 2.36. The standard InChI is InChI=1S/C21H16O3/c1-23-19-9-7-14(12-20(19)24-2)16-10-15-5-3-4-13-6-8-18(22)17(11-16)21(13)15/h3-12H,1-2H3. The van der Waals surface area contributed by atoms with Crippen molar-refractivity contribution in [1.82, 2.24) is 0 Å². The molecular weight excluding hydrogens is 300 g/mol. The molecule has 0 heterocycles. The number of hydrogen-bond acceptors (Lipinski definition) is 3. The summed E-state index contributed by atoms with van der Waals surface area (Å²) in [4.78, 5) is 12.3. The molecule has 118 valence electrons. The molecule has 3 aromatic carbocycles. The van der Waals surface area contributed by atoms with Gasteiger partial charge < -0.3 is 9.47 Å². The highest BCUT2D eigenvalue weighted by molar-refractivity contribution is 6.20. The van der Waals surface area contributed by atoms with Gasteiger partial charge in [-0.2, -0.15) is 0 Å². The molecule has 3 heteroatoms. The Morgan fingerprint density at radius 2 is 1.62 bits per heavy atom. The quantitative estimate of drug-likeness (QED) is 0.700. The van der Waals surface area contributed by atoms with Gasteiger partial charge in [-0.05, 0) is 52.4 Å². The number of benzene rings is 3. The van der Waals surface area contributed by atoms with Gasteiger partial charge >= 0.3 is 0 Å². The van der Waals surface area contributed by atoms with Crippen molar-refractivity contribution in [2.24, 2.45) is 0 Å². The van der Waals surface area contributed by atoms with Crippen LogP contribution in [0, 0.1) is 0 Å². The normalized spacial score (nSPS) is 12.5. The third kappa shape index (κ3) is 2.17. The lowest BCUT2D eigenvalue weighted by Crippen LogP contribution is -2.02. The van der Waals surface area contributed by atoms with E-state index in [4.69, 9.17) is 9.47 Å². The number of carbonyl (C=O) groups is 1. The van der Waals surface area contributed by atoms with Crippen LogP contribution in [0.15, 0.2) is 54.6 Å². The molecule has 0 fully saturated rings. The van der Waals surface area contributed by atoms with Crippen LogP contribution in [0.4, 0.5) is 0 Å². The topological polar surface area (TPSA) is 35.5 Å². The van der Waals surface area contributed by atoms with Crippen LogP contribution < -0.4 is 9.47 Å². The predicted molar refractivity (Wildman–Crippen MR) is 95.9 cm³/mol. The van der Waals surface area contributed by atoms with Crippen molar-refractivity contribution in [2.75, 3.05) is 14.2 Å². The van der Waals surface area contributed by atoms with E-state index in [9.17, 15) is 4.79 Å². The maximum absolute atomic E-state index is 12.3. The molecule has 0 atom stereocenters. The first-order valence-corrected chi connectivity index (χ1v) is 7.73. The van der Waals surface area contributed by atoms with E-state index in [1.807, 2.05) is 48.5 Å². The van der Waals surface area contributed by atoms with E-state index in [0.717, 1.165) is 33.0 Å². The second-order valence-electron chi connectivity index (χ2n) is 5.74. The highest BCUT2D eigenvalue weighted by atomic mass is 16.5. The van der Waals surface area contributed by atoms with Crippen LogP contribution >= 0.6 is 0 Å². The summed E-state index contributed by atoms with van der Waals surface area (Å²) in [7, 11) is 3.23. The average Bonchev–Trinajstić information content (AvgIpc) is 2.63. The Bertz CT molecular complexity index is 999. The predicted octanol–water partition coefficient (Wildman–Crippen LogP) is 4.73. The van der Waals surface area contributed by atoms with Gasteiger partial charge in [0.15, 0.2) is 17.3 Å². The van der Waals surface area contributed by atoms with E-state index in [1.165, 1.54) is 0 Å². The second kappa shape index (κ2) is 5.53. The van der Waals surface area contributed by atoms with Crippen LogP contribution in [-0.4, -0.2) is 20.0 Å². The Hall–Kier alpha value is -3.07. The maximum Gasteiger partial charge on any atom is 0.186 e. The number of allylic oxidation sites excluding steroid dienone is 1. The number of ether oxygens (including phenoxy) is 2. The molecule has 24 heavy (non-hydrogen) atoms. The largest absolute Gasteiger partial charge is 0.493 e. The minimum atomic E-state index is 0.0426. The van der Waals surface area contributed by atoms with Crippen molar-refractivity contribution in [1.29, 1.82) is 0 Å². The van der Waals surface area contributed by atoms with Crippen LogP contribution in [0.1, 0.15) is 15.9 Å². The fraction of sp³-hybridized carbons (Fsp3) is 0.0952. The van der Waals surface area contributed by atoms with Gasteiger partial charge in [0.25, 0.3) is 0 Å². The molecule has 0 spiro atoms. The fourth-order valence-electron chi connectivity index (χ4n) is 3.23. The number of rotatable bonds is 3. The van der Waals surface area contributed by atoms with E-state index in [0.29, 0.717) is 11.5 Å². The molecule has 0 unspecified atom stereocenters. The summed E-state index contributed by atoms with van der Waals surface area (Å²) in [6, 6.07) is 15.9. The lowest BCUT2D eigenvalue weighted by molar-refractivity contribution is 0.104. The summed E-state index contributed by atoms with van der Waals surface area (Å²) in [5.41, 5.74) is 3.80. The van der Waals surface area contributed by atoms with Crippen molar-refractivity contribution >= 4 is 22.6 Å². The Kier molecular flexibility index (Phi) is 3.35. The molecule has 0 saturated heterocycles. The molecule has 1 aliphatic carbocycles. The third-order valence-electron chi connectivity index (χ3n) is 4.41. The average molecular weight is 316 g/mol. The van der Waals surface area contributed by atoms with E-state index in [2.05, 4.69) is 6.07 Å². The maximum atomic E-state index is 12.3. The van der Waals surface area contributed by atoms with Gasteiger partial charge in [-0.25, -0.2) is 0 Å². The molecule has 3 nitrogen and oxygen atoms in total. The van der Waals surface area contributed by atoms with E-state index >= 15 is 0 Å². The van der Waals surface area contributed by atoms with E-state index in [1.54, 1.807) is 20.3 Å². The van der Waals surface area contributed by atoms with Gasteiger partial charge in [0.05, 0.1) is 14.2 Å². The summed E-state index contributed by atoms with van der Waals surface area (Å²) in [5.74, 6) is 1.40. The zero-order chi connectivity index (χ0) is 16.7. The van der Waals surface area contributed by atoms with Crippen molar-refractivity contribution < 1.29 is 14.3 Å². The summed E-state index contributed by atoms with van der Waals surface area (Å²) in [6.45, 7) is 0. The van der Waals surface area contributed by atoms with Gasteiger partial charge in [-0.15, -0.1) is 0 Å². The molecule has 4 rings (SSSR count). The van der Waals surface area contributed by atoms with Crippen LogP contribution in [0.5, 0.6) is 11.5 Å². The monoisotopic (exact) mass is 316 g/mol. The van der Waals surface area contributed by atoms with Gasteiger partial charge in [-0.1, -0.05) is 30.3 Å². The molecule has 0 aliphatic heterocycles. The lowest BCUT2D eigenvalue weighted by Gasteiger charge is -2.15. The summed E-state index contributed by atoms with van der Waals surface area (Å²) < 4.78 is 10.7. The molecule has 0 amide bonds. The Balaban J connectivity index is 1.95. The molecule has 0 N–H and O–H groups in total. The molecule has 0 bridgehead atoms. The Morgan fingerprint density at radius 1 is 0.792 bits per heavy atom. The van der Waals surface area contributed by atoms with Gasteiger partial charge in [0, 0.05) is 10.9 Å². The Morgan fingerprint density at radius 3 is 2.42 bits per heavy atom. The molecule has 0 radical (unpaired) electrons. The van der Waals surface area contributed by atoms with Crippen molar-refractivity contribution in [3.63, 3.8) is 0 Å². The molecule has 0 saturated carbocycles. The van der Waals surface area contributed by atoms with Crippen LogP contribution in [0.25, 0.3) is 28.0 Å². The highest BCUT2D eigenvalue weighted by Gasteiger charge is 2.17. The lowest BCUT2D eigenvalue weighted by atomic mass is 9.89. The van der Waals surface area contributed by atoms with E-state index < -0.39 is 0 Å². The SMILES string of the molecule is COc1ccc(-c2cc3c4c(cccc4c2)C=CC3=O)cc1OC. The first-order chi connectivity index (χ1) is 11.7. The number of hydrogen-bond donors (Lipinski definition) is 0. The fourth-order valence-corrected chi connectivity index (χ4v) is 3.23. The first-order valence-electron chi connectivity index (χ1n) is 7.73. The smallest absolute Gasteiger partial charge is 0.186 e. The van der Waals surface area contributed by atoms with Crippen molar-refractivity contribution in [3.05, 3.63) is 65.7 Å². The van der Waals surface area contributed by atoms with Crippen LogP contribution in [0.3, 0.4) is 0 Å². The number of methoxy groups -OCH3 is 2. The molecule has 1 aliphatic rings. The van der Waals surface area contributed by atoms with E-state index in [-0.39, 0.29) is 5.78 Å². The minimum Gasteiger partial charge on any atom is -0.493 e. The molecular formula is C21H16O3. The number of carbonyl (C=O) groups excluding carboxylic acids is 1. The van der Waals surface area contributed by atoms with Crippen molar-refractivity contribution in [3.8, 4) is 22.6 Å². The summed E-state index contributed by atoms with van der Waals surface area (Å²) in [5, 5.41) is 2.08.